The van der Waals surface area contributed by atoms with E-state index in [9.17, 15) is 9.90 Å². The fourth-order valence-corrected chi connectivity index (χ4v) is 6.94. The molecule has 0 amide bonds. The zero-order chi connectivity index (χ0) is 27.8. The number of hydrogen-bond acceptors (Lipinski definition) is 4. The third-order valence-electron chi connectivity index (χ3n) is 9.31. The highest BCUT2D eigenvalue weighted by atomic mass is 16.4. The number of allylic oxidation sites excluding steroid dienone is 1. The normalized spacial score (nSPS) is 22.4. The minimum atomic E-state index is -0.676. The highest BCUT2D eigenvalue weighted by Crippen LogP contribution is 2.36. The second-order valence-corrected chi connectivity index (χ2v) is 11.8. The van der Waals surface area contributed by atoms with Gasteiger partial charge in [-0.15, -0.1) is 0 Å². The van der Waals surface area contributed by atoms with Crippen LogP contribution in [-0.4, -0.2) is 77.1 Å². The van der Waals surface area contributed by atoms with Gasteiger partial charge in [0.05, 0.1) is 0 Å². The lowest BCUT2D eigenvalue weighted by Gasteiger charge is -2.41. The van der Waals surface area contributed by atoms with Crippen LogP contribution in [0.3, 0.4) is 0 Å². The monoisotopic (exact) mass is 531 g/mol. The fourth-order valence-electron chi connectivity index (χ4n) is 6.94. The van der Waals surface area contributed by atoms with E-state index < -0.39 is 12.0 Å². The van der Waals surface area contributed by atoms with E-state index in [1.165, 1.54) is 16.8 Å². The van der Waals surface area contributed by atoms with Crippen molar-refractivity contribution in [1.82, 2.24) is 14.7 Å². The Balaban J connectivity index is 1.36. The summed E-state index contributed by atoms with van der Waals surface area (Å²) in [6.45, 7) is 16.9. The van der Waals surface area contributed by atoms with Crippen molar-refractivity contribution in [2.24, 2.45) is 11.8 Å². The molecule has 2 heterocycles. The van der Waals surface area contributed by atoms with Crippen LogP contribution in [0.4, 0.5) is 0 Å². The van der Waals surface area contributed by atoms with Crippen molar-refractivity contribution in [2.75, 3.05) is 39.3 Å². The van der Waals surface area contributed by atoms with E-state index in [2.05, 4.69) is 103 Å². The predicted octanol–water partition coefficient (Wildman–Crippen LogP) is 6.13. The Morgan fingerprint density at radius 1 is 1.03 bits per heavy atom. The summed E-state index contributed by atoms with van der Waals surface area (Å²) in [5.74, 6) is 0.283. The van der Waals surface area contributed by atoms with Gasteiger partial charge in [0.15, 0.2) is 0 Å². The van der Waals surface area contributed by atoms with Crippen molar-refractivity contribution in [3.8, 4) is 0 Å². The number of nitrogens with zero attached hydrogens (tertiary/aromatic N) is 3. The van der Waals surface area contributed by atoms with Gasteiger partial charge in [0.25, 0.3) is 0 Å². The Kier molecular flexibility index (Phi) is 10.6. The number of aryl methyl sites for hydroxylation is 1. The maximum absolute atomic E-state index is 12.3. The molecule has 5 nitrogen and oxygen atoms in total. The largest absolute Gasteiger partial charge is 0.480 e. The van der Waals surface area contributed by atoms with Crippen molar-refractivity contribution in [3.05, 3.63) is 84.1 Å². The molecule has 4 rings (SSSR count). The van der Waals surface area contributed by atoms with Crippen LogP contribution in [-0.2, 0) is 11.2 Å². The van der Waals surface area contributed by atoms with Crippen LogP contribution in [0.5, 0.6) is 0 Å². The molecule has 0 radical (unpaired) electrons. The predicted molar refractivity (Wildman–Crippen MR) is 161 cm³/mol. The lowest BCUT2D eigenvalue weighted by Crippen LogP contribution is -2.47. The summed E-state index contributed by atoms with van der Waals surface area (Å²) in [6, 6.07) is 21.6. The van der Waals surface area contributed by atoms with Crippen LogP contribution in [0.15, 0.2) is 72.9 Å². The van der Waals surface area contributed by atoms with E-state index in [1.807, 2.05) is 0 Å². The Morgan fingerprint density at radius 2 is 1.67 bits per heavy atom. The molecular weight excluding hydrogens is 482 g/mol. The maximum atomic E-state index is 12.3. The van der Waals surface area contributed by atoms with E-state index in [0.29, 0.717) is 17.9 Å². The third kappa shape index (κ3) is 7.52. The first-order valence-corrected chi connectivity index (χ1v) is 15.1. The summed E-state index contributed by atoms with van der Waals surface area (Å²) in [7, 11) is 0. The van der Waals surface area contributed by atoms with Crippen LogP contribution < -0.4 is 0 Å². The summed E-state index contributed by atoms with van der Waals surface area (Å²) in [5, 5.41) is 10.1. The van der Waals surface area contributed by atoms with Gasteiger partial charge >= 0.3 is 5.97 Å². The molecule has 2 fully saturated rings. The number of piperidine rings is 1. The van der Waals surface area contributed by atoms with Crippen LogP contribution in [0.25, 0.3) is 0 Å². The van der Waals surface area contributed by atoms with Crippen molar-refractivity contribution in [3.63, 3.8) is 0 Å². The van der Waals surface area contributed by atoms with Gasteiger partial charge in [0.2, 0.25) is 0 Å². The standard InChI is InChI=1S/C34H49N3O2/c1-5-26(3)33(34(38)39)36-24-30(32(25-36)29-15-11-8-12-16-29)23-35-21-19-31(20-22-35)37(6-2)27(4)17-18-28-13-9-7-10-14-28/h7-16,26,30-33H,4-6,17-25H2,1-3H3,(H,38,39). The second kappa shape index (κ2) is 14.1. The number of hydrogen-bond donors (Lipinski definition) is 1. The smallest absolute Gasteiger partial charge is 0.321 e. The highest BCUT2D eigenvalue weighted by Gasteiger charge is 2.41. The molecule has 2 aromatic carbocycles. The number of carbonyl (C=O) groups is 1. The van der Waals surface area contributed by atoms with E-state index in [1.54, 1.807) is 0 Å². The van der Waals surface area contributed by atoms with Gasteiger partial charge < -0.3 is 14.9 Å². The molecule has 0 spiro atoms. The number of likely N-dealkylation sites (tertiary alicyclic amines) is 2. The molecule has 2 aromatic rings. The number of carboxylic acids is 1. The summed E-state index contributed by atoms with van der Waals surface area (Å²) < 4.78 is 0. The van der Waals surface area contributed by atoms with Crippen LogP contribution in [0.2, 0.25) is 0 Å². The molecule has 212 valence electrons. The first-order chi connectivity index (χ1) is 18.9. The Hall–Kier alpha value is -2.63. The zero-order valence-electron chi connectivity index (χ0n) is 24.3. The van der Waals surface area contributed by atoms with Gasteiger partial charge in [-0.25, -0.2) is 0 Å². The number of aliphatic carboxylic acids is 1. The third-order valence-corrected chi connectivity index (χ3v) is 9.31. The average molecular weight is 532 g/mol. The van der Waals surface area contributed by atoms with E-state index >= 15 is 0 Å². The number of benzene rings is 2. The molecule has 2 aliphatic heterocycles. The summed E-state index contributed by atoms with van der Waals surface area (Å²) >= 11 is 0. The molecule has 1 N–H and O–H groups in total. The Labute approximate surface area is 236 Å². The van der Waals surface area contributed by atoms with E-state index in [4.69, 9.17) is 0 Å². The van der Waals surface area contributed by atoms with E-state index in [0.717, 1.165) is 71.4 Å². The number of rotatable bonds is 13. The summed E-state index contributed by atoms with van der Waals surface area (Å²) in [4.78, 5) is 19.7. The second-order valence-electron chi connectivity index (χ2n) is 11.8. The molecule has 0 aromatic heterocycles. The molecule has 4 atom stereocenters. The molecule has 2 aliphatic rings. The molecule has 5 heteroatoms. The topological polar surface area (TPSA) is 47.0 Å². The first-order valence-electron chi connectivity index (χ1n) is 15.1. The van der Waals surface area contributed by atoms with Gasteiger partial charge in [-0.1, -0.05) is 87.5 Å². The van der Waals surface area contributed by atoms with Crippen LogP contribution in [0.1, 0.15) is 63.5 Å². The Morgan fingerprint density at radius 3 is 2.26 bits per heavy atom. The lowest BCUT2D eigenvalue weighted by atomic mass is 9.88. The Bertz CT molecular complexity index is 1030. The van der Waals surface area contributed by atoms with Crippen molar-refractivity contribution in [1.29, 1.82) is 0 Å². The average Bonchev–Trinajstić information content (AvgIpc) is 3.36. The minimum Gasteiger partial charge on any atom is -0.480 e. The molecule has 0 bridgehead atoms. The van der Waals surface area contributed by atoms with Crippen LogP contribution in [0, 0.1) is 11.8 Å². The van der Waals surface area contributed by atoms with Gasteiger partial charge in [-0.05, 0) is 55.6 Å². The van der Waals surface area contributed by atoms with E-state index in [-0.39, 0.29) is 5.92 Å². The van der Waals surface area contributed by atoms with Crippen LogP contribution >= 0.6 is 0 Å². The fraction of sp³-hybridized carbons (Fsp3) is 0.559. The quantitative estimate of drug-likeness (QED) is 0.337. The van der Waals surface area contributed by atoms with Gasteiger partial charge in [0, 0.05) is 56.9 Å². The summed E-state index contributed by atoms with van der Waals surface area (Å²) in [5.41, 5.74) is 3.99. The van der Waals surface area contributed by atoms with Crippen molar-refractivity contribution < 1.29 is 9.90 Å². The van der Waals surface area contributed by atoms with Crippen molar-refractivity contribution in [2.45, 2.75) is 70.9 Å². The molecule has 4 unspecified atom stereocenters. The molecular formula is C34H49N3O2. The summed E-state index contributed by atoms with van der Waals surface area (Å²) in [6.07, 6.45) is 5.26. The number of carboxylic acid groups (broad SMARTS) is 1. The first kappa shape index (κ1) is 29.4. The van der Waals surface area contributed by atoms with Crippen molar-refractivity contribution >= 4 is 5.97 Å². The molecule has 0 aliphatic carbocycles. The van der Waals surface area contributed by atoms with Gasteiger partial charge in [0.1, 0.15) is 6.04 Å². The highest BCUT2D eigenvalue weighted by molar-refractivity contribution is 5.74. The minimum absolute atomic E-state index is 0.142. The van der Waals surface area contributed by atoms with Gasteiger partial charge in [-0.2, -0.15) is 0 Å². The molecule has 39 heavy (non-hydrogen) atoms. The lowest BCUT2D eigenvalue weighted by molar-refractivity contribution is -0.145. The zero-order valence-corrected chi connectivity index (χ0v) is 24.3. The SMILES string of the molecule is C=C(CCc1ccccc1)N(CC)C1CCN(CC2CN(C(C(=O)O)C(C)CC)CC2c2ccccc2)CC1. The maximum Gasteiger partial charge on any atom is 0.321 e. The molecule has 2 saturated heterocycles. The van der Waals surface area contributed by atoms with Gasteiger partial charge in [-0.3, -0.25) is 9.69 Å². The molecule has 0 saturated carbocycles.